The molecule has 0 unspecified atom stereocenters. The normalized spacial score (nSPS) is 10.6. The van der Waals surface area contributed by atoms with E-state index in [1.54, 1.807) is 24.3 Å². The molecule has 3 rings (SSSR count). The lowest BCUT2D eigenvalue weighted by molar-refractivity contribution is -0.401. The Morgan fingerprint density at radius 3 is 2.68 bits per heavy atom. The van der Waals surface area contributed by atoms with Gasteiger partial charge in [-0.15, -0.1) is 0 Å². The molecule has 2 aromatic heterocycles. The molecule has 0 bridgehead atoms. The number of furan rings is 1. The summed E-state index contributed by atoms with van der Waals surface area (Å²) in [5, 5.41) is 15.4. The van der Waals surface area contributed by atoms with Crippen molar-refractivity contribution in [3.05, 3.63) is 63.3 Å². The zero-order valence-electron chi connectivity index (χ0n) is 11.0. The maximum absolute atomic E-state index is 11.2. The van der Waals surface area contributed by atoms with Crippen LogP contribution < -0.4 is 0 Å². The Bertz CT molecular complexity index is 869. The summed E-state index contributed by atoms with van der Waals surface area (Å²) in [4.78, 5) is 21.2. The number of carbonyl (C=O) groups is 1. The van der Waals surface area contributed by atoms with E-state index in [0.717, 1.165) is 0 Å². The van der Waals surface area contributed by atoms with Crippen LogP contribution in [-0.2, 0) is 0 Å². The highest BCUT2D eigenvalue weighted by atomic mass is 35.5. The standard InChI is InChI=1S/C14H8ClN3O4/c15-10-3-1-2-4-11(10)17-7-9(8-19)14(16-17)12-5-6-13(22-12)18(20)21/h1-8H. The molecule has 0 atom stereocenters. The first kappa shape index (κ1) is 14.0. The molecule has 0 saturated heterocycles. The molecule has 7 nitrogen and oxygen atoms in total. The van der Waals surface area contributed by atoms with Gasteiger partial charge in [-0.25, -0.2) is 4.68 Å². The summed E-state index contributed by atoms with van der Waals surface area (Å²) < 4.78 is 6.51. The Morgan fingerprint density at radius 2 is 2.05 bits per heavy atom. The number of para-hydroxylation sites is 1. The van der Waals surface area contributed by atoms with Crippen molar-refractivity contribution < 1.29 is 14.1 Å². The third kappa shape index (κ3) is 2.38. The van der Waals surface area contributed by atoms with Gasteiger partial charge in [0, 0.05) is 6.20 Å². The van der Waals surface area contributed by atoms with E-state index >= 15 is 0 Å². The highest BCUT2D eigenvalue weighted by Crippen LogP contribution is 2.29. The smallest absolute Gasteiger partial charge is 0.399 e. The van der Waals surface area contributed by atoms with Crippen molar-refractivity contribution in [3.8, 4) is 17.1 Å². The minimum atomic E-state index is -0.658. The molecule has 0 aliphatic heterocycles. The summed E-state index contributed by atoms with van der Waals surface area (Å²) in [6.45, 7) is 0. The van der Waals surface area contributed by atoms with Crippen LogP contribution in [0.5, 0.6) is 0 Å². The number of aromatic nitrogens is 2. The molecule has 0 fully saturated rings. The Balaban J connectivity index is 2.11. The summed E-state index contributed by atoms with van der Waals surface area (Å²) in [5.41, 5.74) is 1.03. The van der Waals surface area contributed by atoms with Gasteiger partial charge in [0.15, 0.2) is 12.0 Å². The van der Waals surface area contributed by atoms with E-state index in [-0.39, 0.29) is 17.0 Å². The molecule has 1 aromatic carbocycles. The monoisotopic (exact) mass is 317 g/mol. The van der Waals surface area contributed by atoms with Gasteiger partial charge in [-0.3, -0.25) is 14.9 Å². The first-order valence-electron chi connectivity index (χ1n) is 6.14. The third-order valence-electron chi connectivity index (χ3n) is 2.97. The first-order chi connectivity index (χ1) is 10.6. The highest BCUT2D eigenvalue weighted by molar-refractivity contribution is 6.32. The van der Waals surface area contributed by atoms with Gasteiger partial charge in [-0.05, 0) is 18.2 Å². The predicted octanol–water partition coefficient (Wildman–Crippen LogP) is 3.51. The van der Waals surface area contributed by atoms with Crippen LogP contribution in [0, 0.1) is 10.1 Å². The Morgan fingerprint density at radius 1 is 1.27 bits per heavy atom. The van der Waals surface area contributed by atoms with Crippen LogP contribution in [0.25, 0.3) is 17.1 Å². The molecule has 22 heavy (non-hydrogen) atoms. The molecule has 0 radical (unpaired) electrons. The fourth-order valence-electron chi connectivity index (χ4n) is 1.98. The zero-order chi connectivity index (χ0) is 15.7. The maximum atomic E-state index is 11.2. The third-order valence-corrected chi connectivity index (χ3v) is 3.29. The van der Waals surface area contributed by atoms with Crippen molar-refractivity contribution >= 4 is 23.8 Å². The van der Waals surface area contributed by atoms with Gasteiger partial charge in [0.05, 0.1) is 22.3 Å². The Hall–Kier alpha value is -2.93. The molecule has 0 spiro atoms. The minimum Gasteiger partial charge on any atom is -0.399 e. The molecule has 3 aromatic rings. The Labute approximate surface area is 128 Å². The molecule has 0 aliphatic rings. The lowest BCUT2D eigenvalue weighted by Gasteiger charge is -2.02. The Kier molecular flexibility index (Phi) is 3.48. The van der Waals surface area contributed by atoms with Crippen LogP contribution in [0.2, 0.25) is 5.02 Å². The summed E-state index contributed by atoms with van der Waals surface area (Å²) in [6.07, 6.45) is 2.09. The molecule has 0 saturated carbocycles. The van der Waals surface area contributed by atoms with Crippen molar-refractivity contribution in [2.45, 2.75) is 0 Å². The number of rotatable bonds is 4. The molecule has 0 N–H and O–H groups in total. The average Bonchev–Trinajstić information content (AvgIpc) is 3.14. The average molecular weight is 318 g/mol. The fraction of sp³-hybridized carbons (Fsp3) is 0. The van der Waals surface area contributed by atoms with Crippen LogP contribution in [-0.4, -0.2) is 21.0 Å². The van der Waals surface area contributed by atoms with E-state index < -0.39 is 10.8 Å². The molecule has 110 valence electrons. The van der Waals surface area contributed by atoms with Crippen LogP contribution in [0.1, 0.15) is 10.4 Å². The number of carbonyl (C=O) groups excluding carboxylic acids is 1. The summed E-state index contributed by atoms with van der Waals surface area (Å²) in [7, 11) is 0. The van der Waals surface area contributed by atoms with E-state index in [1.165, 1.54) is 23.0 Å². The van der Waals surface area contributed by atoms with Crippen molar-refractivity contribution in [2.75, 3.05) is 0 Å². The topological polar surface area (TPSA) is 91.2 Å². The molecular formula is C14H8ClN3O4. The van der Waals surface area contributed by atoms with E-state index in [0.29, 0.717) is 17.0 Å². The molecule has 0 aliphatic carbocycles. The van der Waals surface area contributed by atoms with Gasteiger partial charge in [-0.2, -0.15) is 5.10 Å². The summed E-state index contributed by atoms with van der Waals surface area (Å²) in [5.74, 6) is -0.279. The van der Waals surface area contributed by atoms with E-state index in [4.69, 9.17) is 16.0 Å². The van der Waals surface area contributed by atoms with Crippen LogP contribution >= 0.6 is 11.6 Å². The predicted molar refractivity (Wildman–Crippen MR) is 78.3 cm³/mol. The van der Waals surface area contributed by atoms with Gasteiger partial charge < -0.3 is 4.42 Å². The molecule has 0 amide bonds. The minimum absolute atomic E-state index is 0.139. The molecule has 8 heteroatoms. The highest BCUT2D eigenvalue weighted by Gasteiger charge is 2.19. The van der Waals surface area contributed by atoms with Gasteiger partial charge >= 0.3 is 5.88 Å². The van der Waals surface area contributed by atoms with Gasteiger partial charge in [0.2, 0.25) is 0 Å². The van der Waals surface area contributed by atoms with Crippen molar-refractivity contribution in [1.29, 1.82) is 0 Å². The molecular weight excluding hydrogens is 310 g/mol. The van der Waals surface area contributed by atoms with E-state index in [1.807, 2.05) is 0 Å². The number of benzene rings is 1. The second-order valence-corrected chi connectivity index (χ2v) is 4.75. The summed E-state index contributed by atoms with van der Waals surface area (Å²) >= 11 is 6.09. The quantitative estimate of drug-likeness (QED) is 0.417. The summed E-state index contributed by atoms with van der Waals surface area (Å²) in [6, 6.07) is 9.57. The van der Waals surface area contributed by atoms with Gasteiger partial charge in [0.25, 0.3) is 0 Å². The largest absolute Gasteiger partial charge is 0.433 e. The lowest BCUT2D eigenvalue weighted by atomic mass is 10.2. The zero-order valence-corrected chi connectivity index (χ0v) is 11.7. The number of nitro groups is 1. The van der Waals surface area contributed by atoms with Gasteiger partial charge in [0.1, 0.15) is 10.6 Å². The number of hydrogen-bond acceptors (Lipinski definition) is 5. The van der Waals surface area contributed by atoms with Crippen LogP contribution in [0.4, 0.5) is 5.88 Å². The maximum Gasteiger partial charge on any atom is 0.433 e. The SMILES string of the molecule is O=Cc1cn(-c2ccccc2Cl)nc1-c1ccc([N+](=O)[O-])o1. The van der Waals surface area contributed by atoms with Crippen LogP contribution in [0.15, 0.2) is 47.0 Å². The number of aldehydes is 1. The van der Waals surface area contributed by atoms with Crippen molar-refractivity contribution in [2.24, 2.45) is 0 Å². The van der Waals surface area contributed by atoms with E-state index in [2.05, 4.69) is 5.10 Å². The lowest BCUT2D eigenvalue weighted by Crippen LogP contribution is -1.95. The van der Waals surface area contributed by atoms with Crippen molar-refractivity contribution in [3.63, 3.8) is 0 Å². The second kappa shape index (κ2) is 5.45. The second-order valence-electron chi connectivity index (χ2n) is 4.34. The van der Waals surface area contributed by atoms with E-state index in [9.17, 15) is 14.9 Å². The van der Waals surface area contributed by atoms with Crippen LogP contribution in [0.3, 0.4) is 0 Å². The number of nitrogens with zero attached hydrogens (tertiary/aromatic N) is 3. The number of hydrogen-bond donors (Lipinski definition) is 0. The number of halogens is 1. The van der Waals surface area contributed by atoms with Crippen molar-refractivity contribution in [1.82, 2.24) is 9.78 Å². The molecule has 2 heterocycles. The fourth-order valence-corrected chi connectivity index (χ4v) is 2.20. The first-order valence-corrected chi connectivity index (χ1v) is 6.52. The van der Waals surface area contributed by atoms with Gasteiger partial charge in [-0.1, -0.05) is 23.7 Å².